The van der Waals surface area contributed by atoms with Gasteiger partial charge < -0.3 is 24.8 Å². The second-order valence-electron chi connectivity index (χ2n) is 7.53. The van der Waals surface area contributed by atoms with Crippen LogP contribution in [0.15, 0.2) is 42.5 Å². The summed E-state index contributed by atoms with van der Waals surface area (Å²) in [6.07, 6.45) is 3.07. The number of rotatable bonds is 10. The highest BCUT2D eigenvalue weighted by molar-refractivity contribution is 5.98. The normalized spacial score (nSPS) is 13.0. The molecule has 0 saturated carbocycles. The Morgan fingerprint density at radius 1 is 0.906 bits per heavy atom. The van der Waals surface area contributed by atoms with Crippen molar-refractivity contribution in [2.45, 2.75) is 26.2 Å². The maximum absolute atomic E-state index is 12.3. The summed E-state index contributed by atoms with van der Waals surface area (Å²) < 4.78 is 16.7. The van der Waals surface area contributed by atoms with E-state index in [1.54, 1.807) is 42.5 Å². The van der Waals surface area contributed by atoms with Crippen molar-refractivity contribution < 1.29 is 19.0 Å². The van der Waals surface area contributed by atoms with E-state index in [0.717, 1.165) is 37.9 Å². The molecule has 0 bridgehead atoms. The van der Waals surface area contributed by atoms with Crippen LogP contribution in [-0.4, -0.2) is 55.5 Å². The Labute approximate surface area is 188 Å². The van der Waals surface area contributed by atoms with Crippen molar-refractivity contribution in [2.24, 2.45) is 5.73 Å². The first-order chi connectivity index (χ1) is 15.5. The van der Waals surface area contributed by atoms with Crippen LogP contribution in [0.1, 0.15) is 47.7 Å². The lowest BCUT2D eigenvalue weighted by Crippen LogP contribution is -2.27. The number of nitrogens with two attached hydrogens (primary N) is 1. The molecule has 32 heavy (non-hydrogen) atoms. The average molecular weight is 439 g/mol. The van der Waals surface area contributed by atoms with Crippen LogP contribution in [0.25, 0.3) is 0 Å². The monoisotopic (exact) mass is 438 g/mol. The maximum atomic E-state index is 12.3. The van der Waals surface area contributed by atoms with Crippen molar-refractivity contribution >= 4 is 17.6 Å². The molecule has 1 saturated heterocycles. The van der Waals surface area contributed by atoms with Crippen LogP contribution in [0.4, 0.5) is 0 Å². The fraction of sp³-hybridized carbons (Fsp3) is 0.375. The topological polar surface area (TPSA) is 122 Å². The third kappa shape index (κ3) is 6.00. The number of likely N-dealkylation sites (tertiary alicyclic amines) is 1. The molecule has 0 aliphatic carbocycles. The Morgan fingerprint density at radius 3 is 2.19 bits per heavy atom. The van der Waals surface area contributed by atoms with Gasteiger partial charge in [0, 0.05) is 24.2 Å². The van der Waals surface area contributed by atoms with Crippen molar-refractivity contribution in [3.8, 4) is 11.5 Å². The first-order valence-electron chi connectivity index (χ1n) is 10.8. The number of nitrogens with one attached hydrogen (secondary N) is 2. The van der Waals surface area contributed by atoms with E-state index in [2.05, 4.69) is 0 Å². The SMILES string of the molecule is CCCOc1ccc(C(=N)N)cc1OCCOC(=O)c1ccc(C(=N)N2CCCC2)cc1. The highest BCUT2D eigenvalue weighted by atomic mass is 16.6. The zero-order chi connectivity index (χ0) is 22.9. The minimum absolute atomic E-state index is 0.0572. The van der Waals surface area contributed by atoms with Gasteiger partial charge in [-0.25, -0.2) is 4.79 Å². The summed E-state index contributed by atoms with van der Waals surface area (Å²) in [6, 6.07) is 12.0. The summed E-state index contributed by atoms with van der Waals surface area (Å²) in [5.41, 5.74) is 7.30. The molecule has 2 aromatic carbocycles. The Bertz CT molecular complexity index is 953. The lowest BCUT2D eigenvalue weighted by atomic mass is 10.1. The van der Waals surface area contributed by atoms with E-state index < -0.39 is 5.97 Å². The van der Waals surface area contributed by atoms with Crippen molar-refractivity contribution in [2.75, 3.05) is 32.9 Å². The predicted molar refractivity (Wildman–Crippen MR) is 123 cm³/mol. The molecule has 1 fully saturated rings. The third-order valence-corrected chi connectivity index (χ3v) is 5.11. The summed E-state index contributed by atoms with van der Waals surface area (Å²) in [5.74, 6) is 0.980. The van der Waals surface area contributed by atoms with Gasteiger partial charge in [-0.15, -0.1) is 0 Å². The van der Waals surface area contributed by atoms with Gasteiger partial charge in [0.15, 0.2) is 11.5 Å². The molecule has 1 aliphatic heterocycles. The number of nitrogens with zero attached hydrogens (tertiary/aromatic N) is 1. The molecule has 1 aliphatic rings. The smallest absolute Gasteiger partial charge is 0.338 e. The Balaban J connectivity index is 1.52. The number of esters is 1. The predicted octanol–water partition coefficient (Wildman–Crippen LogP) is 3.42. The molecule has 0 unspecified atom stereocenters. The Morgan fingerprint density at radius 2 is 1.53 bits per heavy atom. The fourth-order valence-electron chi connectivity index (χ4n) is 3.38. The lowest BCUT2D eigenvalue weighted by molar-refractivity contribution is 0.0448. The number of hydrogen-bond acceptors (Lipinski definition) is 6. The number of benzene rings is 2. The lowest BCUT2D eigenvalue weighted by Gasteiger charge is -2.18. The van der Waals surface area contributed by atoms with Crippen LogP contribution in [-0.2, 0) is 4.74 Å². The molecular formula is C24H30N4O4. The summed E-state index contributed by atoms with van der Waals surface area (Å²) in [6.45, 7) is 4.54. The Hall–Kier alpha value is -3.55. The standard InChI is InChI=1S/C24H30N4O4/c1-2-13-30-20-10-9-19(22(25)26)16-21(20)31-14-15-32-24(29)18-7-5-17(6-8-18)23(27)28-11-3-4-12-28/h5-10,16,27H,2-4,11-15H2,1H3,(H3,25,26). The second-order valence-corrected chi connectivity index (χ2v) is 7.53. The van der Waals surface area contributed by atoms with Gasteiger partial charge in [-0.05, 0) is 49.6 Å². The Kier molecular flexibility index (Phi) is 8.08. The van der Waals surface area contributed by atoms with Gasteiger partial charge in [-0.3, -0.25) is 10.8 Å². The highest BCUT2D eigenvalue weighted by Gasteiger charge is 2.17. The molecule has 3 rings (SSSR count). The molecule has 4 N–H and O–H groups in total. The van der Waals surface area contributed by atoms with Gasteiger partial charge in [-0.2, -0.15) is 0 Å². The third-order valence-electron chi connectivity index (χ3n) is 5.11. The van der Waals surface area contributed by atoms with E-state index in [9.17, 15) is 4.79 Å². The van der Waals surface area contributed by atoms with Gasteiger partial charge >= 0.3 is 5.97 Å². The van der Waals surface area contributed by atoms with Crippen molar-refractivity contribution in [1.82, 2.24) is 4.90 Å². The van der Waals surface area contributed by atoms with Crippen LogP contribution >= 0.6 is 0 Å². The van der Waals surface area contributed by atoms with Crippen molar-refractivity contribution in [3.05, 3.63) is 59.2 Å². The molecule has 0 aromatic heterocycles. The average Bonchev–Trinajstić information content (AvgIpc) is 3.35. The molecule has 170 valence electrons. The van der Waals surface area contributed by atoms with E-state index >= 15 is 0 Å². The zero-order valence-electron chi connectivity index (χ0n) is 18.4. The number of hydrogen-bond donors (Lipinski definition) is 3. The molecule has 8 heteroatoms. The van der Waals surface area contributed by atoms with E-state index in [0.29, 0.717) is 35.1 Å². The zero-order valence-corrected chi connectivity index (χ0v) is 18.4. The summed E-state index contributed by atoms with van der Waals surface area (Å²) >= 11 is 0. The van der Waals surface area contributed by atoms with Gasteiger partial charge in [0.25, 0.3) is 0 Å². The van der Waals surface area contributed by atoms with Gasteiger partial charge in [-0.1, -0.05) is 19.1 Å². The molecule has 0 atom stereocenters. The number of carbonyl (C=O) groups excluding carboxylic acids is 1. The minimum atomic E-state index is -0.451. The number of nitrogen functional groups attached to an aromatic ring is 1. The molecule has 2 aromatic rings. The van der Waals surface area contributed by atoms with Gasteiger partial charge in [0.1, 0.15) is 24.9 Å². The molecule has 1 heterocycles. The largest absolute Gasteiger partial charge is 0.490 e. The first kappa shape index (κ1) is 23.1. The summed E-state index contributed by atoms with van der Waals surface area (Å²) in [7, 11) is 0. The first-order valence-corrected chi connectivity index (χ1v) is 10.8. The van der Waals surface area contributed by atoms with E-state index in [1.165, 1.54) is 0 Å². The van der Waals surface area contributed by atoms with Crippen LogP contribution in [0.3, 0.4) is 0 Å². The second kappa shape index (κ2) is 11.2. The molecular weight excluding hydrogens is 408 g/mol. The molecule has 0 amide bonds. The van der Waals surface area contributed by atoms with Crippen molar-refractivity contribution in [3.63, 3.8) is 0 Å². The van der Waals surface area contributed by atoms with E-state index in [4.69, 9.17) is 30.8 Å². The van der Waals surface area contributed by atoms with E-state index in [-0.39, 0.29) is 19.0 Å². The minimum Gasteiger partial charge on any atom is -0.490 e. The molecule has 8 nitrogen and oxygen atoms in total. The fourth-order valence-corrected chi connectivity index (χ4v) is 3.38. The number of carbonyl (C=O) groups is 1. The maximum Gasteiger partial charge on any atom is 0.338 e. The van der Waals surface area contributed by atoms with Gasteiger partial charge in [0.2, 0.25) is 0 Å². The number of ether oxygens (including phenoxy) is 3. The van der Waals surface area contributed by atoms with Crippen LogP contribution in [0.5, 0.6) is 11.5 Å². The van der Waals surface area contributed by atoms with Crippen LogP contribution in [0.2, 0.25) is 0 Å². The molecule has 0 spiro atoms. The molecule has 0 radical (unpaired) electrons. The van der Waals surface area contributed by atoms with Crippen LogP contribution in [0, 0.1) is 10.8 Å². The summed E-state index contributed by atoms with van der Waals surface area (Å²) in [4.78, 5) is 14.4. The van der Waals surface area contributed by atoms with E-state index in [1.807, 2.05) is 11.8 Å². The highest BCUT2D eigenvalue weighted by Crippen LogP contribution is 2.28. The number of amidine groups is 2. The van der Waals surface area contributed by atoms with Crippen molar-refractivity contribution in [1.29, 1.82) is 10.8 Å². The van der Waals surface area contributed by atoms with Crippen LogP contribution < -0.4 is 15.2 Å². The quantitative estimate of drug-likeness (QED) is 0.226. The summed E-state index contributed by atoms with van der Waals surface area (Å²) in [5, 5.41) is 15.9. The van der Waals surface area contributed by atoms with Gasteiger partial charge in [0.05, 0.1) is 12.2 Å².